The summed E-state index contributed by atoms with van der Waals surface area (Å²) in [6.07, 6.45) is 1.09. The molecule has 2 rings (SSSR count). The number of carboxylic acids is 1. The molecule has 1 aromatic heterocycles. The predicted molar refractivity (Wildman–Crippen MR) is 68.4 cm³/mol. The maximum absolute atomic E-state index is 11.2. The second-order valence-electron chi connectivity index (χ2n) is 3.51. The van der Waals surface area contributed by atoms with Gasteiger partial charge in [-0.25, -0.2) is 4.98 Å². The summed E-state index contributed by atoms with van der Waals surface area (Å²) in [6.45, 7) is 0. The molecular weight excluding hydrogens is 252 g/mol. The number of carbonyl (C=O) groups excluding carboxylic acids is 1. The quantitative estimate of drug-likeness (QED) is 0.828. The lowest BCUT2D eigenvalue weighted by atomic mass is 10.2. The zero-order chi connectivity index (χ0) is 13.0. The number of aromatic nitrogens is 1. The molecule has 5 nitrogen and oxygen atoms in total. The van der Waals surface area contributed by atoms with Gasteiger partial charge in [0.25, 0.3) is 0 Å². The van der Waals surface area contributed by atoms with Gasteiger partial charge in [0, 0.05) is 6.20 Å². The lowest BCUT2D eigenvalue weighted by Crippen LogP contribution is -2.15. The van der Waals surface area contributed by atoms with E-state index in [9.17, 15) is 9.59 Å². The maximum atomic E-state index is 11.2. The molecule has 0 unspecified atom stereocenters. The summed E-state index contributed by atoms with van der Waals surface area (Å²) in [6, 6.07) is 9.63. The molecule has 0 saturated carbocycles. The number of carbonyl (C=O) groups is 2. The molecule has 0 radical (unpaired) electrons. The van der Waals surface area contributed by atoms with E-state index in [1.54, 1.807) is 6.20 Å². The van der Waals surface area contributed by atoms with E-state index in [0.29, 0.717) is 5.13 Å². The fourth-order valence-electron chi connectivity index (χ4n) is 1.37. The first-order chi connectivity index (χ1) is 8.65. The fraction of sp³-hybridized carbons (Fsp3) is 0.0833. The van der Waals surface area contributed by atoms with Gasteiger partial charge in [0.15, 0.2) is 5.13 Å². The minimum atomic E-state index is -1.16. The highest BCUT2D eigenvalue weighted by Gasteiger charge is 2.10. The average molecular weight is 262 g/mol. The highest BCUT2D eigenvalue weighted by atomic mass is 32.1. The van der Waals surface area contributed by atoms with Gasteiger partial charge < -0.3 is 10.4 Å². The van der Waals surface area contributed by atoms with Crippen molar-refractivity contribution < 1.29 is 14.7 Å². The number of rotatable bonds is 4. The van der Waals surface area contributed by atoms with Gasteiger partial charge in [-0.15, -0.1) is 0 Å². The smallest absolute Gasteiger partial charge is 0.312 e. The highest BCUT2D eigenvalue weighted by Crippen LogP contribution is 2.28. The van der Waals surface area contributed by atoms with Crippen LogP contribution in [0.1, 0.15) is 6.42 Å². The molecule has 2 N–H and O–H groups in total. The molecular formula is C12H10N2O3S. The average Bonchev–Trinajstić information content (AvgIpc) is 2.77. The summed E-state index contributed by atoms with van der Waals surface area (Å²) >= 11 is 1.31. The number of nitrogens with zero attached hydrogens (tertiary/aromatic N) is 1. The molecule has 6 heteroatoms. The molecule has 0 saturated heterocycles. The summed E-state index contributed by atoms with van der Waals surface area (Å²) < 4.78 is 0. The molecule has 92 valence electrons. The molecule has 0 bridgehead atoms. The summed E-state index contributed by atoms with van der Waals surface area (Å²) in [5.41, 5.74) is 1.01. The number of amides is 1. The first-order valence-corrected chi connectivity index (χ1v) is 5.99. The van der Waals surface area contributed by atoms with Crippen molar-refractivity contribution in [2.45, 2.75) is 6.42 Å². The normalized spacial score (nSPS) is 10.0. The Labute approximate surface area is 107 Å². The van der Waals surface area contributed by atoms with Gasteiger partial charge in [-0.1, -0.05) is 41.7 Å². The highest BCUT2D eigenvalue weighted by molar-refractivity contribution is 7.19. The molecule has 1 aromatic carbocycles. The summed E-state index contributed by atoms with van der Waals surface area (Å²) in [4.78, 5) is 26.5. The SMILES string of the molecule is O=C(O)CC(=O)Nc1ncc(-c2ccccc2)s1. The predicted octanol–water partition coefficient (Wildman–Crippen LogP) is 2.22. The van der Waals surface area contributed by atoms with E-state index in [1.807, 2.05) is 30.3 Å². The van der Waals surface area contributed by atoms with Crippen LogP contribution in [0, 0.1) is 0 Å². The van der Waals surface area contributed by atoms with Crippen molar-refractivity contribution in [2.24, 2.45) is 0 Å². The van der Waals surface area contributed by atoms with Crippen molar-refractivity contribution in [3.05, 3.63) is 36.5 Å². The third-order valence-electron chi connectivity index (χ3n) is 2.12. The van der Waals surface area contributed by atoms with Crippen molar-refractivity contribution in [1.29, 1.82) is 0 Å². The van der Waals surface area contributed by atoms with Crippen molar-refractivity contribution in [1.82, 2.24) is 4.98 Å². The molecule has 0 fully saturated rings. The Morgan fingerprint density at radius 3 is 2.67 bits per heavy atom. The molecule has 0 aliphatic rings. The summed E-state index contributed by atoms with van der Waals surface area (Å²) in [5.74, 6) is -1.73. The molecule has 0 atom stereocenters. The van der Waals surface area contributed by atoms with Gasteiger partial charge in [-0.05, 0) is 5.56 Å². The van der Waals surface area contributed by atoms with Crippen molar-refractivity contribution in [3.8, 4) is 10.4 Å². The van der Waals surface area contributed by atoms with Crippen LogP contribution in [0.25, 0.3) is 10.4 Å². The monoisotopic (exact) mass is 262 g/mol. The van der Waals surface area contributed by atoms with Gasteiger partial charge in [-0.3, -0.25) is 9.59 Å². The Bertz CT molecular complexity index is 566. The minimum Gasteiger partial charge on any atom is -0.481 e. The van der Waals surface area contributed by atoms with E-state index < -0.39 is 18.3 Å². The maximum Gasteiger partial charge on any atom is 0.312 e. The zero-order valence-electron chi connectivity index (χ0n) is 9.29. The zero-order valence-corrected chi connectivity index (χ0v) is 10.1. The minimum absolute atomic E-state index is 0.403. The molecule has 2 aromatic rings. The van der Waals surface area contributed by atoms with Crippen molar-refractivity contribution >= 4 is 28.3 Å². The second-order valence-corrected chi connectivity index (χ2v) is 4.55. The van der Waals surface area contributed by atoms with Gasteiger partial charge in [-0.2, -0.15) is 0 Å². The van der Waals surface area contributed by atoms with Gasteiger partial charge in [0.2, 0.25) is 5.91 Å². The summed E-state index contributed by atoms with van der Waals surface area (Å²) in [5, 5.41) is 11.3. The van der Waals surface area contributed by atoms with E-state index in [0.717, 1.165) is 10.4 Å². The molecule has 1 heterocycles. The van der Waals surface area contributed by atoms with E-state index in [2.05, 4.69) is 10.3 Å². The third-order valence-corrected chi connectivity index (χ3v) is 3.08. The Kier molecular flexibility index (Phi) is 3.69. The number of hydrogen-bond donors (Lipinski definition) is 2. The second kappa shape index (κ2) is 5.42. The van der Waals surface area contributed by atoms with E-state index in [-0.39, 0.29) is 0 Å². The Morgan fingerprint density at radius 2 is 2.00 bits per heavy atom. The standard InChI is InChI=1S/C12H10N2O3S/c15-10(6-11(16)17)14-12-13-7-9(18-12)8-4-2-1-3-5-8/h1-5,7H,6H2,(H,16,17)(H,13,14,15). The number of thiazole rings is 1. The van der Waals surface area contributed by atoms with Crippen LogP contribution in [0.4, 0.5) is 5.13 Å². The van der Waals surface area contributed by atoms with Crippen molar-refractivity contribution in [3.63, 3.8) is 0 Å². The van der Waals surface area contributed by atoms with E-state index in [4.69, 9.17) is 5.11 Å². The van der Waals surface area contributed by atoms with Gasteiger partial charge in [0.05, 0.1) is 4.88 Å². The van der Waals surface area contributed by atoms with Crippen LogP contribution in [0.3, 0.4) is 0 Å². The molecule has 0 spiro atoms. The third kappa shape index (κ3) is 3.14. The molecule has 0 aliphatic heterocycles. The molecule has 18 heavy (non-hydrogen) atoms. The van der Waals surface area contributed by atoms with Crippen LogP contribution in [0.5, 0.6) is 0 Å². The van der Waals surface area contributed by atoms with E-state index >= 15 is 0 Å². The first-order valence-electron chi connectivity index (χ1n) is 5.18. The number of benzene rings is 1. The van der Waals surface area contributed by atoms with Crippen LogP contribution in [-0.4, -0.2) is 22.0 Å². The molecule has 0 aliphatic carbocycles. The van der Waals surface area contributed by atoms with Gasteiger partial charge >= 0.3 is 5.97 Å². The first kappa shape index (κ1) is 12.3. The Balaban J connectivity index is 2.07. The Morgan fingerprint density at radius 1 is 1.28 bits per heavy atom. The van der Waals surface area contributed by atoms with Crippen LogP contribution in [0.15, 0.2) is 36.5 Å². The lowest BCUT2D eigenvalue weighted by Gasteiger charge is -1.97. The Hall–Kier alpha value is -2.21. The van der Waals surface area contributed by atoms with Crippen LogP contribution in [0.2, 0.25) is 0 Å². The fourth-order valence-corrected chi connectivity index (χ4v) is 2.21. The number of anilines is 1. The lowest BCUT2D eigenvalue weighted by molar-refractivity contribution is -0.139. The topological polar surface area (TPSA) is 79.3 Å². The number of carboxylic acid groups (broad SMARTS) is 1. The largest absolute Gasteiger partial charge is 0.481 e. The van der Waals surface area contributed by atoms with Gasteiger partial charge in [0.1, 0.15) is 6.42 Å². The number of nitrogens with one attached hydrogen (secondary N) is 1. The van der Waals surface area contributed by atoms with Crippen molar-refractivity contribution in [2.75, 3.05) is 5.32 Å². The van der Waals surface area contributed by atoms with Crippen LogP contribution < -0.4 is 5.32 Å². The molecule has 1 amide bonds. The van der Waals surface area contributed by atoms with Crippen LogP contribution >= 0.6 is 11.3 Å². The van der Waals surface area contributed by atoms with E-state index in [1.165, 1.54) is 11.3 Å². The number of hydrogen-bond acceptors (Lipinski definition) is 4. The number of aliphatic carboxylic acids is 1. The summed E-state index contributed by atoms with van der Waals surface area (Å²) in [7, 11) is 0. The van der Waals surface area contributed by atoms with Crippen LogP contribution in [-0.2, 0) is 9.59 Å².